The standard InChI is InChI=1S/C29H32O8/c1-3-34-28(32)23-15-22(16-24(26(23)31)29(33)35-4-2)27(37-19-21-13-9-6-10-14-21)25(17-30)36-18-20-11-7-5-8-12-20/h5-16,25,27,30-31H,3-4,17-19H2,1-2H3/t25-,27+/m0/s1. The maximum Gasteiger partial charge on any atom is 0.341 e. The molecular formula is C29H32O8. The quantitative estimate of drug-likeness (QED) is 0.323. The van der Waals surface area contributed by atoms with E-state index in [9.17, 15) is 19.8 Å². The van der Waals surface area contributed by atoms with Crippen LogP contribution in [0.1, 0.15) is 57.4 Å². The van der Waals surface area contributed by atoms with E-state index in [1.54, 1.807) is 13.8 Å². The summed E-state index contributed by atoms with van der Waals surface area (Å²) in [5.41, 5.74) is 1.69. The van der Waals surface area contributed by atoms with Gasteiger partial charge in [0.25, 0.3) is 0 Å². The lowest BCUT2D eigenvalue weighted by atomic mass is 9.97. The van der Waals surface area contributed by atoms with Gasteiger partial charge in [-0.3, -0.25) is 0 Å². The van der Waals surface area contributed by atoms with Gasteiger partial charge in [-0.25, -0.2) is 9.59 Å². The maximum absolute atomic E-state index is 12.6. The van der Waals surface area contributed by atoms with Crippen molar-refractivity contribution in [2.24, 2.45) is 0 Å². The maximum atomic E-state index is 12.6. The summed E-state index contributed by atoms with van der Waals surface area (Å²) in [4.78, 5) is 25.3. The molecule has 0 spiro atoms. The van der Waals surface area contributed by atoms with Crippen molar-refractivity contribution in [3.05, 3.63) is 101 Å². The molecule has 0 aromatic heterocycles. The zero-order chi connectivity index (χ0) is 26.6. The van der Waals surface area contributed by atoms with Gasteiger partial charge in [0.1, 0.15) is 29.1 Å². The topological polar surface area (TPSA) is 112 Å². The molecule has 8 nitrogen and oxygen atoms in total. The number of hydrogen-bond donors (Lipinski definition) is 2. The monoisotopic (exact) mass is 508 g/mol. The van der Waals surface area contributed by atoms with Gasteiger partial charge in [-0.1, -0.05) is 60.7 Å². The van der Waals surface area contributed by atoms with Crippen LogP contribution in [0.3, 0.4) is 0 Å². The molecule has 0 heterocycles. The molecule has 2 N–H and O–H groups in total. The summed E-state index contributed by atoms with van der Waals surface area (Å²) in [6.45, 7) is 3.38. The van der Waals surface area contributed by atoms with Crippen molar-refractivity contribution < 1.29 is 38.7 Å². The van der Waals surface area contributed by atoms with Crippen LogP contribution in [-0.2, 0) is 32.2 Å². The Kier molecular flexibility index (Phi) is 10.6. The Labute approximate surface area is 216 Å². The molecule has 0 aliphatic heterocycles. The minimum Gasteiger partial charge on any atom is -0.506 e. The number of carbonyl (C=O) groups is 2. The van der Waals surface area contributed by atoms with Gasteiger partial charge in [0.2, 0.25) is 0 Å². The molecule has 0 fully saturated rings. The smallest absolute Gasteiger partial charge is 0.341 e. The number of phenolic OH excluding ortho intramolecular Hbond substituents is 1. The van der Waals surface area contributed by atoms with Crippen molar-refractivity contribution in [3.8, 4) is 5.75 Å². The lowest BCUT2D eigenvalue weighted by Crippen LogP contribution is -2.29. The Morgan fingerprint density at radius 3 is 1.65 bits per heavy atom. The van der Waals surface area contributed by atoms with E-state index in [4.69, 9.17) is 18.9 Å². The Morgan fingerprint density at radius 2 is 1.22 bits per heavy atom. The van der Waals surface area contributed by atoms with Crippen molar-refractivity contribution in [3.63, 3.8) is 0 Å². The number of rotatable bonds is 13. The highest BCUT2D eigenvalue weighted by Gasteiger charge is 2.30. The number of hydrogen-bond acceptors (Lipinski definition) is 8. The number of benzene rings is 3. The Balaban J connectivity index is 2.03. The fourth-order valence-corrected chi connectivity index (χ4v) is 3.74. The van der Waals surface area contributed by atoms with E-state index in [1.165, 1.54) is 12.1 Å². The predicted molar refractivity (Wildman–Crippen MR) is 136 cm³/mol. The molecule has 3 aromatic carbocycles. The first kappa shape index (κ1) is 27.9. The minimum absolute atomic E-state index is 0.0740. The summed E-state index contributed by atoms with van der Waals surface area (Å²) < 4.78 is 22.4. The molecule has 196 valence electrons. The molecule has 0 saturated carbocycles. The van der Waals surface area contributed by atoms with E-state index >= 15 is 0 Å². The van der Waals surface area contributed by atoms with Gasteiger partial charge in [-0.2, -0.15) is 0 Å². The summed E-state index contributed by atoms with van der Waals surface area (Å²) in [5, 5.41) is 21.0. The number of ether oxygens (including phenoxy) is 4. The molecule has 0 aliphatic carbocycles. The molecule has 0 aliphatic rings. The molecule has 0 radical (unpaired) electrons. The second-order valence-corrected chi connectivity index (χ2v) is 8.14. The van der Waals surface area contributed by atoms with Crippen LogP contribution in [0, 0.1) is 0 Å². The highest BCUT2D eigenvalue weighted by Crippen LogP contribution is 2.33. The van der Waals surface area contributed by atoms with Crippen molar-refractivity contribution in [2.45, 2.75) is 39.3 Å². The summed E-state index contributed by atoms with van der Waals surface area (Å²) >= 11 is 0. The van der Waals surface area contributed by atoms with Crippen molar-refractivity contribution in [2.75, 3.05) is 19.8 Å². The van der Waals surface area contributed by atoms with Gasteiger partial charge < -0.3 is 29.2 Å². The molecule has 3 aromatic rings. The summed E-state index contributed by atoms with van der Waals surface area (Å²) in [5.74, 6) is -2.16. The fourth-order valence-electron chi connectivity index (χ4n) is 3.74. The van der Waals surface area contributed by atoms with Gasteiger partial charge in [0, 0.05) is 0 Å². The van der Waals surface area contributed by atoms with Gasteiger partial charge in [0.15, 0.2) is 0 Å². The van der Waals surface area contributed by atoms with E-state index in [0.29, 0.717) is 5.56 Å². The third-order valence-corrected chi connectivity index (χ3v) is 5.55. The van der Waals surface area contributed by atoms with Crippen LogP contribution < -0.4 is 0 Å². The van der Waals surface area contributed by atoms with Crippen LogP contribution in [0.25, 0.3) is 0 Å². The van der Waals surface area contributed by atoms with E-state index in [1.807, 2.05) is 60.7 Å². The second kappa shape index (κ2) is 14.1. The first-order valence-corrected chi connectivity index (χ1v) is 12.1. The molecular weight excluding hydrogens is 476 g/mol. The van der Waals surface area contributed by atoms with Gasteiger partial charge in [-0.15, -0.1) is 0 Å². The summed E-state index contributed by atoms with van der Waals surface area (Å²) in [6, 6.07) is 21.6. The Bertz CT molecular complexity index is 1110. The number of carbonyl (C=O) groups excluding carboxylic acids is 2. The minimum atomic E-state index is -0.907. The predicted octanol–water partition coefficient (Wildman–Crippen LogP) is 4.58. The first-order valence-electron chi connectivity index (χ1n) is 12.1. The SMILES string of the molecule is CCOC(=O)c1cc([C@@H](OCc2ccccc2)[C@H](CO)OCc2ccccc2)cc(C(=O)OCC)c1O. The van der Waals surface area contributed by atoms with Crippen LogP contribution >= 0.6 is 0 Å². The van der Waals surface area contributed by atoms with Crippen LogP contribution in [0.2, 0.25) is 0 Å². The molecule has 8 heteroatoms. The van der Waals surface area contributed by atoms with Crippen LogP contribution in [0.4, 0.5) is 0 Å². The number of esters is 2. The number of aromatic hydroxyl groups is 1. The zero-order valence-electron chi connectivity index (χ0n) is 21.0. The zero-order valence-corrected chi connectivity index (χ0v) is 21.0. The van der Waals surface area contributed by atoms with Crippen molar-refractivity contribution >= 4 is 11.9 Å². The summed E-state index contributed by atoms with van der Waals surface area (Å²) in [7, 11) is 0. The van der Waals surface area contributed by atoms with Crippen LogP contribution in [0.5, 0.6) is 5.75 Å². The highest BCUT2D eigenvalue weighted by atomic mass is 16.5. The number of aliphatic hydroxyl groups excluding tert-OH is 1. The second-order valence-electron chi connectivity index (χ2n) is 8.14. The molecule has 0 amide bonds. The molecule has 3 rings (SSSR count). The first-order chi connectivity index (χ1) is 18.0. The lowest BCUT2D eigenvalue weighted by Gasteiger charge is -2.28. The summed E-state index contributed by atoms with van der Waals surface area (Å²) in [6.07, 6.45) is -1.77. The fraction of sp³-hybridized carbons (Fsp3) is 0.310. The lowest BCUT2D eigenvalue weighted by molar-refractivity contribution is -0.106. The van der Waals surface area contributed by atoms with E-state index < -0.39 is 36.5 Å². The van der Waals surface area contributed by atoms with Gasteiger partial charge >= 0.3 is 11.9 Å². The van der Waals surface area contributed by atoms with Gasteiger partial charge in [-0.05, 0) is 42.7 Å². The largest absolute Gasteiger partial charge is 0.506 e. The van der Waals surface area contributed by atoms with Crippen molar-refractivity contribution in [1.29, 1.82) is 0 Å². The highest BCUT2D eigenvalue weighted by molar-refractivity contribution is 6.00. The number of aliphatic hydroxyl groups is 1. The van der Waals surface area contributed by atoms with E-state index in [-0.39, 0.29) is 37.6 Å². The van der Waals surface area contributed by atoms with E-state index in [0.717, 1.165) is 11.1 Å². The average molecular weight is 509 g/mol. The Morgan fingerprint density at radius 1 is 0.757 bits per heavy atom. The van der Waals surface area contributed by atoms with Crippen molar-refractivity contribution in [1.82, 2.24) is 0 Å². The third kappa shape index (κ3) is 7.63. The molecule has 0 unspecified atom stereocenters. The number of phenols is 1. The Hall–Kier alpha value is -3.72. The molecule has 0 bridgehead atoms. The van der Waals surface area contributed by atoms with Crippen LogP contribution in [-0.4, -0.2) is 48.1 Å². The molecule has 37 heavy (non-hydrogen) atoms. The average Bonchev–Trinajstić information content (AvgIpc) is 2.92. The third-order valence-electron chi connectivity index (χ3n) is 5.55. The molecule has 0 saturated heterocycles. The normalized spacial score (nSPS) is 12.5. The van der Waals surface area contributed by atoms with E-state index in [2.05, 4.69) is 0 Å². The van der Waals surface area contributed by atoms with Crippen LogP contribution in [0.15, 0.2) is 72.8 Å². The molecule has 2 atom stereocenters. The van der Waals surface area contributed by atoms with Gasteiger partial charge in [0.05, 0.1) is 33.0 Å².